The number of rotatable bonds is 3. The Balaban J connectivity index is 2.39. The predicted molar refractivity (Wildman–Crippen MR) is 74.0 cm³/mol. The highest BCUT2D eigenvalue weighted by atomic mass is 79.9. The van der Waals surface area contributed by atoms with E-state index in [9.17, 15) is 13.2 Å². The van der Waals surface area contributed by atoms with Crippen molar-refractivity contribution in [1.29, 1.82) is 0 Å². The van der Waals surface area contributed by atoms with E-state index in [2.05, 4.69) is 36.5 Å². The molecule has 2 N–H and O–H groups in total. The van der Waals surface area contributed by atoms with Crippen molar-refractivity contribution in [2.75, 3.05) is 17.7 Å². The van der Waals surface area contributed by atoms with Crippen molar-refractivity contribution in [3.8, 4) is 0 Å². The fourth-order valence-electron chi connectivity index (χ4n) is 1.47. The van der Waals surface area contributed by atoms with Gasteiger partial charge in [-0.05, 0) is 28.1 Å². The van der Waals surface area contributed by atoms with Gasteiger partial charge in [0.1, 0.15) is 11.6 Å². The Kier molecular flexibility index (Phi) is 4.12. The van der Waals surface area contributed by atoms with Crippen LogP contribution >= 0.6 is 15.9 Å². The van der Waals surface area contributed by atoms with Gasteiger partial charge in [0, 0.05) is 17.6 Å². The molecule has 0 amide bonds. The van der Waals surface area contributed by atoms with Crippen molar-refractivity contribution in [3.05, 3.63) is 40.6 Å². The van der Waals surface area contributed by atoms with Gasteiger partial charge in [-0.2, -0.15) is 13.2 Å². The largest absolute Gasteiger partial charge is 0.451 e. The summed E-state index contributed by atoms with van der Waals surface area (Å²) in [5, 5.41) is 5.40. The maximum atomic E-state index is 12.7. The Hall–Kier alpha value is -1.83. The number of aromatic nitrogens is 2. The summed E-state index contributed by atoms with van der Waals surface area (Å²) >= 11 is 3.30. The van der Waals surface area contributed by atoms with Crippen LogP contribution in [-0.4, -0.2) is 17.0 Å². The van der Waals surface area contributed by atoms with Crippen LogP contribution in [0.2, 0.25) is 0 Å². The number of hydrogen-bond acceptors (Lipinski definition) is 4. The monoisotopic (exact) mass is 346 g/mol. The van der Waals surface area contributed by atoms with Gasteiger partial charge in [0.25, 0.3) is 0 Å². The molecule has 0 unspecified atom stereocenters. The third kappa shape index (κ3) is 3.38. The maximum Gasteiger partial charge on any atom is 0.451 e. The van der Waals surface area contributed by atoms with Crippen LogP contribution in [0.25, 0.3) is 0 Å². The number of nitrogens with one attached hydrogen (secondary N) is 2. The van der Waals surface area contributed by atoms with Gasteiger partial charge in [-0.1, -0.05) is 12.1 Å². The summed E-state index contributed by atoms with van der Waals surface area (Å²) in [5.41, 5.74) is 0.612. The topological polar surface area (TPSA) is 49.8 Å². The van der Waals surface area contributed by atoms with Crippen LogP contribution in [0, 0.1) is 0 Å². The molecule has 0 spiro atoms. The summed E-state index contributed by atoms with van der Waals surface area (Å²) < 4.78 is 38.9. The molecular formula is C12H10BrF3N4. The lowest BCUT2D eigenvalue weighted by atomic mass is 10.3. The Bertz CT molecular complexity index is 616. The summed E-state index contributed by atoms with van der Waals surface area (Å²) in [7, 11) is 1.49. The molecule has 0 atom stereocenters. The van der Waals surface area contributed by atoms with E-state index in [4.69, 9.17) is 0 Å². The van der Waals surface area contributed by atoms with Crippen molar-refractivity contribution in [1.82, 2.24) is 9.97 Å². The summed E-state index contributed by atoms with van der Waals surface area (Å²) in [6.45, 7) is 0. The summed E-state index contributed by atoms with van der Waals surface area (Å²) in [4.78, 5) is 6.87. The minimum Gasteiger partial charge on any atom is -0.373 e. The van der Waals surface area contributed by atoms with Crippen LogP contribution in [0.1, 0.15) is 5.82 Å². The molecule has 106 valence electrons. The van der Waals surface area contributed by atoms with Crippen molar-refractivity contribution >= 4 is 33.3 Å². The van der Waals surface area contributed by atoms with Gasteiger partial charge in [0.15, 0.2) is 0 Å². The molecule has 0 bridgehead atoms. The summed E-state index contributed by atoms with van der Waals surface area (Å²) in [5.74, 6) is -1.05. The molecule has 0 aliphatic rings. The van der Waals surface area contributed by atoms with Crippen molar-refractivity contribution in [2.45, 2.75) is 6.18 Å². The molecule has 4 nitrogen and oxygen atoms in total. The second kappa shape index (κ2) is 5.66. The zero-order valence-corrected chi connectivity index (χ0v) is 11.9. The van der Waals surface area contributed by atoms with Crippen LogP contribution in [0.3, 0.4) is 0 Å². The highest BCUT2D eigenvalue weighted by Crippen LogP contribution is 2.30. The Morgan fingerprint density at radius 2 is 1.75 bits per heavy atom. The fourth-order valence-corrected chi connectivity index (χ4v) is 1.85. The first-order valence-corrected chi connectivity index (χ1v) is 6.35. The number of nitrogens with zero attached hydrogens (tertiary/aromatic N) is 2. The number of hydrogen-bond donors (Lipinski definition) is 2. The lowest BCUT2D eigenvalue weighted by Gasteiger charge is -2.12. The lowest BCUT2D eigenvalue weighted by molar-refractivity contribution is -0.144. The third-order valence-corrected chi connectivity index (χ3v) is 3.06. The first-order chi connectivity index (χ1) is 9.40. The van der Waals surface area contributed by atoms with Crippen LogP contribution in [-0.2, 0) is 6.18 Å². The molecule has 1 aromatic heterocycles. The minimum absolute atomic E-state index is 0.0589. The molecule has 0 fully saturated rings. The molecule has 0 radical (unpaired) electrons. The number of benzene rings is 1. The Morgan fingerprint density at radius 1 is 1.10 bits per heavy atom. The predicted octanol–water partition coefficient (Wildman–Crippen LogP) is 4.04. The minimum atomic E-state index is -4.60. The molecule has 2 rings (SSSR count). The molecule has 20 heavy (non-hydrogen) atoms. The van der Waals surface area contributed by atoms with Gasteiger partial charge in [-0.15, -0.1) is 0 Å². The molecule has 0 aliphatic heterocycles. The Labute approximate surface area is 121 Å². The average molecular weight is 347 g/mol. The van der Waals surface area contributed by atoms with E-state index >= 15 is 0 Å². The molecule has 0 aliphatic carbocycles. The van der Waals surface area contributed by atoms with E-state index in [1.807, 2.05) is 0 Å². The lowest BCUT2D eigenvalue weighted by Crippen LogP contribution is -2.13. The summed E-state index contributed by atoms with van der Waals surface area (Å²) in [6.07, 6.45) is -4.60. The highest BCUT2D eigenvalue weighted by molar-refractivity contribution is 9.10. The zero-order chi connectivity index (χ0) is 14.8. The van der Waals surface area contributed by atoms with Gasteiger partial charge in [-0.25, -0.2) is 9.97 Å². The van der Waals surface area contributed by atoms with Crippen molar-refractivity contribution in [2.24, 2.45) is 0 Å². The van der Waals surface area contributed by atoms with E-state index in [0.29, 0.717) is 5.69 Å². The van der Waals surface area contributed by atoms with E-state index in [-0.39, 0.29) is 11.6 Å². The number of halogens is 4. The number of anilines is 3. The first-order valence-electron chi connectivity index (χ1n) is 5.56. The molecule has 0 saturated carbocycles. The highest BCUT2D eigenvalue weighted by Gasteiger charge is 2.35. The summed E-state index contributed by atoms with van der Waals surface area (Å²) in [6, 6.07) is 8.45. The standard InChI is InChI=1S/C12H10BrF3N4/c1-17-9-6-10(20-11(19-9)12(14,15)16)18-8-5-3-2-4-7(8)13/h2-6H,1H3,(H2,17,18,19,20). The normalized spacial score (nSPS) is 11.2. The van der Waals surface area contributed by atoms with E-state index in [1.54, 1.807) is 24.3 Å². The van der Waals surface area contributed by atoms with Crippen molar-refractivity contribution < 1.29 is 13.2 Å². The Morgan fingerprint density at radius 3 is 2.35 bits per heavy atom. The van der Waals surface area contributed by atoms with E-state index in [0.717, 1.165) is 4.47 Å². The van der Waals surface area contributed by atoms with Crippen molar-refractivity contribution in [3.63, 3.8) is 0 Å². The quantitative estimate of drug-likeness (QED) is 0.880. The van der Waals surface area contributed by atoms with Crippen LogP contribution in [0.4, 0.5) is 30.5 Å². The second-order valence-corrected chi connectivity index (χ2v) is 4.67. The maximum absolute atomic E-state index is 12.7. The third-order valence-electron chi connectivity index (χ3n) is 2.37. The first kappa shape index (κ1) is 14.6. The second-order valence-electron chi connectivity index (χ2n) is 3.81. The number of para-hydroxylation sites is 1. The SMILES string of the molecule is CNc1cc(Nc2ccccc2Br)nc(C(F)(F)F)n1. The van der Waals surface area contributed by atoms with Gasteiger partial charge in [-0.3, -0.25) is 0 Å². The molecule has 2 aromatic rings. The number of alkyl halides is 3. The van der Waals surface area contributed by atoms with E-state index in [1.165, 1.54) is 13.1 Å². The molecule has 0 saturated heterocycles. The fraction of sp³-hybridized carbons (Fsp3) is 0.167. The molecule has 1 aromatic carbocycles. The van der Waals surface area contributed by atoms with E-state index < -0.39 is 12.0 Å². The van der Waals surface area contributed by atoms with Gasteiger partial charge < -0.3 is 10.6 Å². The van der Waals surface area contributed by atoms with Crippen LogP contribution < -0.4 is 10.6 Å². The molecule has 1 heterocycles. The van der Waals surface area contributed by atoms with Gasteiger partial charge in [0.05, 0.1) is 5.69 Å². The smallest absolute Gasteiger partial charge is 0.373 e. The van der Waals surface area contributed by atoms with Crippen LogP contribution in [0.5, 0.6) is 0 Å². The molecular weight excluding hydrogens is 337 g/mol. The zero-order valence-electron chi connectivity index (χ0n) is 10.3. The average Bonchev–Trinajstić information content (AvgIpc) is 2.40. The van der Waals surface area contributed by atoms with Gasteiger partial charge >= 0.3 is 6.18 Å². The molecule has 8 heteroatoms. The van der Waals surface area contributed by atoms with Crippen LogP contribution in [0.15, 0.2) is 34.8 Å². The van der Waals surface area contributed by atoms with Gasteiger partial charge in [0.2, 0.25) is 5.82 Å².